The number of rotatable bonds is 6. The maximum atomic E-state index is 13.2. The van der Waals surface area contributed by atoms with Crippen LogP contribution in [0, 0.1) is 0 Å². The SMILES string of the molecule is CCOc1cccc(N2C(=O)C(=O)/C(=C(/O)c3ccc(OC)cc3)C2c2ccc(Cl)cc2)c1. The van der Waals surface area contributed by atoms with E-state index in [1.165, 1.54) is 12.0 Å². The topological polar surface area (TPSA) is 76.1 Å². The molecule has 1 saturated heterocycles. The molecule has 0 radical (unpaired) electrons. The van der Waals surface area contributed by atoms with Crippen molar-refractivity contribution in [2.45, 2.75) is 13.0 Å². The fraction of sp³-hybridized carbons (Fsp3) is 0.154. The number of methoxy groups -OCH3 is 1. The average molecular weight is 464 g/mol. The zero-order chi connectivity index (χ0) is 23.5. The standard InChI is InChI=1S/C26H22ClNO5/c1-3-33-21-6-4-5-19(15-21)28-23(16-7-11-18(27)12-8-16)22(25(30)26(28)31)24(29)17-9-13-20(32-2)14-10-17/h4-15,23,29H,3H2,1-2H3/b24-22+. The second-order valence-corrected chi connectivity index (χ2v) is 7.82. The van der Waals surface area contributed by atoms with Crippen LogP contribution in [0.1, 0.15) is 24.1 Å². The van der Waals surface area contributed by atoms with Gasteiger partial charge < -0.3 is 14.6 Å². The van der Waals surface area contributed by atoms with Crippen LogP contribution >= 0.6 is 11.6 Å². The molecule has 0 saturated carbocycles. The van der Waals surface area contributed by atoms with Gasteiger partial charge in [-0.15, -0.1) is 0 Å². The minimum Gasteiger partial charge on any atom is -0.507 e. The Hall–Kier alpha value is -3.77. The van der Waals surface area contributed by atoms with Gasteiger partial charge in [-0.25, -0.2) is 0 Å². The van der Waals surface area contributed by atoms with Crippen molar-refractivity contribution in [3.63, 3.8) is 0 Å². The van der Waals surface area contributed by atoms with Crippen molar-refractivity contribution in [1.82, 2.24) is 0 Å². The van der Waals surface area contributed by atoms with Crippen molar-refractivity contribution in [2.75, 3.05) is 18.6 Å². The molecule has 33 heavy (non-hydrogen) atoms. The zero-order valence-corrected chi connectivity index (χ0v) is 18.9. The minimum atomic E-state index is -0.846. The fourth-order valence-corrected chi connectivity index (χ4v) is 3.98. The number of halogens is 1. The van der Waals surface area contributed by atoms with Crippen LogP contribution in [-0.4, -0.2) is 30.5 Å². The van der Waals surface area contributed by atoms with Gasteiger partial charge in [-0.3, -0.25) is 14.5 Å². The van der Waals surface area contributed by atoms with Crippen molar-refractivity contribution in [3.05, 3.63) is 94.5 Å². The first-order valence-corrected chi connectivity index (χ1v) is 10.8. The first-order chi connectivity index (χ1) is 15.9. The lowest BCUT2D eigenvalue weighted by atomic mass is 9.95. The molecule has 0 aromatic heterocycles. The van der Waals surface area contributed by atoms with E-state index in [1.807, 2.05) is 6.92 Å². The van der Waals surface area contributed by atoms with E-state index in [0.29, 0.717) is 39.9 Å². The number of carbonyl (C=O) groups is 2. The smallest absolute Gasteiger partial charge is 0.300 e. The molecule has 0 spiro atoms. The van der Waals surface area contributed by atoms with Gasteiger partial charge in [0.05, 0.1) is 25.3 Å². The number of aliphatic hydroxyl groups excluding tert-OH is 1. The number of nitrogens with zero attached hydrogens (tertiary/aromatic N) is 1. The van der Waals surface area contributed by atoms with E-state index >= 15 is 0 Å². The molecule has 168 valence electrons. The molecule has 1 unspecified atom stereocenters. The van der Waals surface area contributed by atoms with Crippen molar-refractivity contribution in [2.24, 2.45) is 0 Å². The summed E-state index contributed by atoms with van der Waals surface area (Å²) >= 11 is 6.07. The molecule has 0 aliphatic carbocycles. The van der Waals surface area contributed by atoms with E-state index < -0.39 is 17.7 Å². The average Bonchev–Trinajstić information content (AvgIpc) is 3.10. The summed E-state index contributed by atoms with van der Waals surface area (Å²) in [5, 5.41) is 11.7. The Labute approximate surface area is 196 Å². The first-order valence-electron chi connectivity index (χ1n) is 10.4. The molecule has 1 atom stereocenters. The van der Waals surface area contributed by atoms with Gasteiger partial charge in [0.1, 0.15) is 17.3 Å². The first kappa shape index (κ1) is 22.4. The number of carbonyl (C=O) groups excluding carboxylic acids is 2. The second-order valence-electron chi connectivity index (χ2n) is 7.38. The summed E-state index contributed by atoms with van der Waals surface area (Å²) in [6.45, 7) is 2.32. The lowest BCUT2D eigenvalue weighted by Crippen LogP contribution is -2.29. The van der Waals surface area contributed by atoms with E-state index in [1.54, 1.807) is 72.8 Å². The number of hydrogen-bond acceptors (Lipinski definition) is 5. The number of hydrogen-bond donors (Lipinski definition) is 1. The number of benzene rings is 3. The molecule has 1 N–H and O–H groups in total. The number of ether oxygens (including phenoxy) is 2. The van der Waals surface area contributed by atoms with Crippen molar-refractivity contribution >= 4 is 34.7 Å². The summed E-state index contributed by atoms with van der Waals surface area (Å²) in [6, 6.07) is 19.6. The van der Waals surface area contributed by atoms with Gasteiger partial charge in [-0.1, -0.05) is 29.8 Å². The van der Waals surface area contributed by atoms with E-state index in [2.05, 4.69) is 0 Å². The Kier molecular flexibility index (Phi) is 6.38. The highest BCUT2D eigenvalue weighted by atomic mass is 35.5. The highest BCUT2D eigenvalue weighted by Gasteiger charge is 2.47. The molecule has 1 heterocycles. The summed E-state index contributed by atoms with van der Waals surface area (Å²) in [6.07, 6.45) is 0. The monoisotopic (exact) mass is 463 g/mol. The Balaban J connectivity index is 1.90. The molecule has 1 fully saturated rings. The van der Waals surface area contributed by atoms with Crippen molar-refractivity contribution in [3.8, 4) is 11.5 Å². The third-order valence-corrected chi connectivity index (χ3v) is 5.65. The molecular weight excluding hydrogens is 442 g/mol. The summed E-state index contributed by atoms with van der Waals surface area (Å²) in [4.78, 5) is 27.8. The number of anilines is 1. The molecule has 1 amide bonds. The van der Waals surface area contributed by atoms with Gasteiger partial charge in [0.25, 0.3) is 11.7 Å². The molecule has 1 aliphatic heterocycles. The van der Waals surface area contributed by atoms with Gasteiger partial charge in [-0.2, -0.15) is 0 Å². The molecule has 0 bridgehead atoms. The normalized spacial score (nSPS) is 17.3. The van der Waals surface area contributed by atoms with Gasteiger partial charge in [-0.05, 0) is 61.0 Å². The lowest BCUT2D eigenvalue weighted by Gasteiger charge is -2.26. The predicted molar refractivity (Wildman–Crippen MR) is 127 cm³/mol. The number of aliphatic hydroxyl groups is 1. The quantitative estimate of drug-likeness (QED) is 0.302. The number of Topliss-reactive ketones (excluding diaryl/α,β-unsaturated/α-hetero) is 1. The molecule has 4 rings (SSSR count). The molecular formula is C26H22ClNO5. The van der Waals surface area contributed by atoms with Crippen molar-refractivity contribution in [1.29, 1.82) is 0 Å². The zero-order valence-electron chi connectivity index (χ0n) is 18.1. The van der Waals surface area contributed by atoms with E-state index in [4.69, 9.17) is 21.1 Å². The molecule has 3 aromatic rings. The third-order valence-electron chi connectivity index (χ3n) is 5.40. The second kappa shape index (κ2) is 9.38. The highest BCUT2D eigenvalue weighted by molar-refractivity contribution is 6.51. The van der Waals surface area contributed by atoms with Gasteiger partial charge >= 0.3 is 0 Å². The van der Waals surface area contributed by atoms with Crippen LogP contribution in [0.5, 0.6) is 11.5 Å². The summed E-state index contributed by atoms with van der Waals surface area (Å²) in [7, 11) is 1.54. The maximum Gasteiger partial charge on any atom is 0.300 e. The van der Waals surface area contributed by atoms with Crippen LogP contribution in [0.15, 0.2) is 78.4 Å². The maximum absolute atomic E-state index is 13.2. The summed E-state index contributed by atoms with van der Waals surface area (Å²) in [5.74, 6) is -0.598. The van der Waals surface area contributed by atoms with Gasteiger partial charge in [0.15, 0.2) is 0 Å². The number of ketones is 1. The van der Waals surface area contributed by atoms with Crippen LogP contribution in [0.3, 0.4) is 0 Å². The number of amides is 1. The van der Waals surface area contributed by atoms with E-state index in [-0.39, 0.29) is 11.3 Å². The van der Waals surface area contributed by atoms with Gasteiger partial charge in [0, 0.05) is 22.3 Å². The molecule has 6 nitrogen and oxygen atoms in total. The van der Waals surface area contributed by atoms with Crippen LogP contribution < -0.4 is 14.4 Å². The van der Waals surface area contributed by atoms with Crippen LogP contribution in [0.4, 0.5) is 5.69 Å². The van der Waals surface area contributed by atoms with Gasteiger partial charge in [0.2, 0.25) is 0 Å². The Morgan fingerprint density at radius 2 is 1.70 bits per heavy atom. The Morgan fingerprint density at radius 3 is 2.33 bits per heavy atom. The largest absolute Gasteiger partial charge is 0.507 e. The van der Waals surface area contributed by atoms with Crippen molar-refractivity contribution < 1.29 is 24.2 Å². The van der Waals surface area contributed by atoms with Crippen LogP contribution in [0.25, 0.3) is 5.76 Å². The molecule has 3 aromatic carbocycles. The molecule has 7 heteroatoms. The van der Waals surface area contributed by atoms with E-state index in [0.717, 1.165) is 0 Å². The van der Waals surface area contributed by atoms with E-state index in [9.17, 15) is 14.7 Å². The highest BCUT2D eigenvalue weighted by Crippen LogP contribution is 2.43. The third kappa shape index (κ3) is 4.30. The van der Waals surface area contributed by atoms with Crippen LogP contribution in [0.2, 0.25) is 5.02 Å². The Morgan fingerprint density at radius 1 is 1.00 bits per heavy atom. The lowest BCUT2D eigenvalue weighted by molar-refractivity contribution is -0.132. The summed E-state index contributed by atoms with van der Waals surface area (Å²) < 4.78 is 10.7. The minimum absolute atomic E-state index is 0.00528. The Bertz CT molecular complexity index is 1220. The predicted octanol–water partition coefficient (Wildman–Crippen LogP) is 5.37. The molecule has 1 aliphatic rings. The summed E-state index contributed by atoms with van der Waals surface area (Å²) in [5.41, 5.74) is 1.51. The fourth-order valence-electron chi connectivity index (χ4n) is 3.85. The van der Waals surface area contributed by atoms with Crippen LogP contribution in [-0.2, 0) is 9.59 Å².